The van der Waals surface area contributed by atoms with Crippen molar-refractivity contribution in [2.45, 2.75) is 18.6 Å². The van der Waals surface area contributed by atoms with E-state index in [0.29, 0.717) is 0 Å². The average Bonchev–Trinajstić information content (AvgIpc) is 2.27. The summed E-state index contributed by atoms with van der Waals surface area (Å²) in [6.45, 7) is -0.800. The molecule has 1 unspecified atom stereocenters. The molecule has 0 aromatic carbocycles. The zero-order valence-electron chi connectivity index (χ0n) is 8.61. The zero-order chi connectivity index (χ0) is 12.9. The van der Waals surface area contributed by atoms with Crippen LogP contribution in [0, 0.1) is 0 Å². The van der Waals surface area contributed by atoms with E-state index in [-0.39, 0.29) is 5.69 Å². The van der Waals surface area contributed by atoms with Gasteiger partial charge in [-0.3, -0.25) is 9.78 Å². The van der Waals surface area contributed by atoms with E-state index in [9.17, 15) is 18.0 Å². The van der Waals surface area contributed by atoms with Crippen molar-refractivity contribution in [3.63, 3.8) is 0 Å². The van der Waals surface area contributed by atoms with Gasteiger partial charge >= 0.3 is 6.18 Å². The summed E-state index contributed by atoms with van der Waals surface area (Å²) >= 11 is 0. The van der Waals surface area contributed by atoms with Crippen LogP contribution in [-0.4, -0.2) is 39.8 Å². The van der Waals surface area contributed by atoms with Crippen LogP contribution in [-0.2, 0) is 0 Å². The number of nitrogens with one attached hydrogen (secondary N) is 1. The summed E-state index contributed by atoms with van der Waals surface area (Å²) in [4.78, 5) is 18.6. The predicted molar refractivity (Wildman–Crippen MR) is 51.0 cm³/mol. The molecule has 0 saturated carbocycles. The van der Waals surface area contributed by atoms with Crippen LogP contribution in [0.15, 0.2) is 18.6 Å². The highest BCUT2D eigenvalue weighted by Crippen LogP contribution is 2.21. The maximum atomic E-state index is 12.1. The first-order valence-corrected chi connectivity index (χ1v) is 4.67. The largest absolute Gasteiger partial charge is 0.394 e. The molecule has 0 aliphatic carbocycles. The van der Waals surface area contributed by atoms with E-state index in [1.54, 1.807) is 0 Å². The maximum Gasteiger partial charge on any atom is 0.391 e. The smallest absolute Gasteiger partial charge is 0.391 e. The minimum atomic E-state index is -4.46. The van der Waals surface area contributed by atoms with Crippen molar-refractivity contribution < 1.29 is 23.1 Å². The fourth-order valence-corrected chi connectivity index (χ4v) is 1.12. The summed E-state index contributed by atoms with van der Waals surface area (Å²) in [5, 5.41) is 10.8. The van der Waals surface area contributed by atoms with Crippen molar-refractivity contribution in [2.24, 2.45) is 0 Å². The number of carbonyl (C=O) groups excluding carboxylic acids is 1. The molecule has 0 fully saturated rings. The summed E-state index contributed by atoms with van der Waals surface area (Å²) in [7, 11) is 0. The van der Waals surface area contributed by atoms with Gasteiger partial charge in [-0.1, -0.05) is 0 Å². The third-order valence-corrected chi connectivity index (χ3v) is 1.83. The molecule has 1 aromatic heterocycles. The fraction of sp³-hybridized carbons (Fsp3) is 0.444. The number of alkyl halides is 3. The second kappa shape index (κ2) is 5.58. The first-order chi connectivity index (χ1) is 7.92. The van der Waals surface area contributed by atoms with E-state index < -0.39 is 31.2 Å². The van der Waals surface area contributed by atoms with Gasteiger partial charge in [0, 0.05) is 12.4 Å². The minimum absolute atomic E-state index is 0.104. The van der Waals surface area contributed by atoms with E-state index >= 15 is 0 Å². The lowest BCUT2D eigenvalue weighted by atomic mass is 10.2. The van der Waals surface area contributed by atoms with Crippen LogP contribution in [0.25, 0.3) is 0 Å². The lowest BCUT2D eigenvalue weighted by Gasteiger charge is -2.17. The lowest BCUT2D eigenvalue weighted by molar-refractivity contribution is -0.141. The molecular weight excluding hydrogens is 239 g/mol. The van der Waals surface area contributed by atoms with Gasteiger partial charge < -0.3 is 10.4 Å². The fourth-order valence-electron chi connectivity index (χ4n) is 1.12. The number of aromatic nitrogens is 2. The zero-order valence-corrected chi connectivity index (χ0v) is 8.61. The second-order valence-electron chi connectivity index (χ2n) is 3.26. The quantitative estimate of drug-likeness (QED) is 0.815. The van der Waals surface area contributed by atoms with E-state index in [2.05, 4.69) is 9.97 Å². The van der Waals surface area contributed by atoms with Crippen LogP contribution in [0.2, 0.25) is 0 Å². The molecule has 0 aliphatic rings. The van der Waals surface area contributed by atoms with Crippen molar-refractivity contribution in [3.8, 4) is 0 Å². The number of nitrogens with zero attached hydrogens (tertiary/aromatic N) is 2. The summed E-state index contributed by atoms with van der Waals surface area (Å²) in [5.74, 6) is -0.804. The predicted octanol–water partition coefficient (Wildman–Crippen LogP) is 0.520. The molecule has 1 aromatic rings. The highest BCUT2D eigenvalue weighted by atomic mass is 19.4. The molecule has 0 saturated heterocycles. The van der Waals surface area contributed by atoms with Gasteiger partial charge in [-0.05, 0) is 0 Å². The first kappa shape index (κ1) is 13.4. The van der Waals surface area contributed by atoms with Crippen molar-refractivity contribution in [1.82, 2.24) is 15.3 Å². The molecule has 5 nitrogen and oxygen atoms in total. The van der Waals surface area contributed by atoms with Crippen LogP contribution in [0.1, 0.15) is 16.9 Å². The van der Waals surface area contributed by atoms with Crippen LogP contribution >= 0.6 is 0 Å². The molecular formula is C9H10F3N3O2. The second-order valence-corrected chi connectivity index (χ2v) is 3.26. The summed E-state index contributed by atoms with van der Waals surface area (Å²) in [6.07, 6.45) is -2.06. The van der Waals surface area contributed by atoms with Crippen LogP contribution in [0.3, 0.4) is 0 Å². The maximum absolute atomic E-state index is 12.1. The Bertz CT molecular complexity index is 369. The van der Waals surface area contributed by atoms with Crippen molar-refractivity contribution >= 4 is 5.91 Å². The normalized spacial score (nSPS) is 13.2. The molecule has 1 atom stereocenters. The van der Waals surface area contributed by atoms with Gasteiger partial charge in [0.2, 0.25) is 0 Å². The molecule has 94 valence electrons. The number of hydrogen-bond acceptors (Lipinski definition) is 4. The highest BCUT2D eigenvalue weighted by molar-refractivity contribution is 5.92. The van der Waals surface area contributed by atoms with Gasteiger partial charge in [0.05, 0.1) is 25.3 Å². The molecule has 2 N–H and O–H groups in total. The Balaban J connectivity index is 2.60. The monoisotopic (exact) mass is 249 g/mol. The van der Waals surface area contributed by atoms with Gasteiger partial charge in [0.1, 0.15) is 5.69 Å². The molecule has 1 rings (SSSR count). The molecule has 0 aliphatic heterocycles. The Morgan fingerprint density at radius 3 is 2.65 bits per heavy atom. The van der Waals surface area contributed by atoms with E-state index in [4.69, 9.17) is 5.11 Å². The van der Waals surface area contributed by atoms with Gasteiger partial charge in [-0.2, -0.15) is 13.2 Å². The van der Waals surface area contributed by atoms with E-state index in [1.165, 1.54) is 12.4 Å². The summed E-state index contributed by atoms with van der Waals surface area (Å²) in [5.41, 5.74) is -0.104. The van der Waals surface area contributed by atoms with Gasteiger partial charge in [-0.25, -0.2) is 4.98 Å². The highest BCUT2D eigenvalue weighted by Gasteiger charge is 2.32. The standard InChI is InChI=1S/C9H10F3N3O2/c10-9(11,12)3-6(5-16)15-8(17)7-4-13-1-2-14-7/h1-2,4,6,16H,3,5H2,(H,15,17). The molecule has 17 heavy (non-hydrogen) atoms. The van der Waals surface area contributed by atoms with Gasteiger partial charge in [0.25, 0.3) is 5.91 Å². The van der Waals surface area contributed by atoms with Crippen LogP contribution in [0.5, 0.6) is 0 Å². The average molecular weight is 249 g/mol. The van der Waals surface area contributed by atoms with E-state index in [0.717, 1.165) is 6.20 Å². The number of carbonyl (C=O) groups is 1. The molecule has 0 radical (unpaired) electrons. The number of halogens is 3. The first-order valence-electron chi connectivity index (χ1n) is 4.67. The topological polar surface area (TPSA) is 75.1 Å². The lowest BCUT2D eigenvalue weighted by Crippen LogP contribution is -2.40. The Hall–Kier alpha value is -1.70. The van der Waals surface area contributed by atoms with Crippen molar-refractivity contribution in [3.05, 3.63) is 24.3 Å². The Labute approximate surface area is 94.7 Å². The number of aliphatic hydroxyl groups is 1. The third kappa shape index (κ3) is 4.77. The van der Waals surface area contributed by atoms with Crippen molar-refractivity contribution in [2.75, 3.05) is 6.61 Å². The summed E-state index contributed by atoms with van der Waals surface area (Å²) < 4.78 is 36.2. The van der Waals surface area contributed by atoms with Gasteiger partial charge in [-0.15, -0.1) is 0 Å². The van der Waals surface area contributed by atoms with Crippen molar-refractivity contribution in [1.29, 1.82) is 0 Å². The summed E-state index contributed by atoms with van der Waals surface area (Å²) in [6, 6.07) is -1.38. The molecule has 0 spiro atoms. The number of aliphatic hydroxyl groups excluding tert-OH is 1. The number of hydrogen-bond donors (Lipinski definition) is 2. The third-order valence-electron chi connectivity index (χ3n) is 1.83. The Kier molecular flexibility index (Phi) is 4.38. The van der Waals surface area contributed by atoms with Crippen LogP contribution in [0.4, 0.5) is 13.2 Å². The van der Waals surface area contributed by atoms with Gasteiger partial charge in [0.15, 0.2) is 0 Å². The molecule has 0 bridgehead atoms. The Morgan fingerprint density at radius 1 is 1.47 bits per heavy atom. The van der Waals surface area contributed by atoms with E-state index in [1.807, 2.05) is 5.32 Å². The minimum Gasteiger partial charge on any atom is -0.394 e. The number of rotatable bonds is 4. The van der Waals surface area contributed by atoms with Crippen LogP contribution < -0.4 is 5.32 Å². The molecule has 1 amide bonds. The molecule has 1 heterocycles. The Morgan fingerprint density at radius 2 is 2.18 bits per heavy atom. The molecule has 8 heteroatoms. The number of amides is 1. The SMILES string of the molecule is O=C(NC(CO)CC(F)(F)F)c1cnccn1.